The number of hydrogen-bond donors (Lipinski definition) is 3. The molecule has 1 aromatic heterocycles. The van der Waals surface area contributed by atoms with Crippen molar-refractivity contribution in [1.82, 2.24) is 15.1 Å². The van der Waals surface area contributed by atoms with Crippen LogP contribution in [0.2, 0.25) is 5.02 Å². The van der Waals surface area contributed by atoms with E-state index in [1.807, 2.05) is 12.1 Å². The first-order valence-corrected chi connectivity index (χ1v) is 6.45. The van der Waals surface area contributed by atoms with Gasteiger partial charge >= 0.3 is 6.03 Å². The zero-order valence-electron chi connectivity index (χ0n) is 10.9. The van der Waals surface area contributed by atoms with Gasteiger partial charge in [-0.2, -0.15) is 5.10 Å². The van der Waals surface area contributed by atoms with Crippen LogP contribution in [0.3, 0.4) is 0 Å². The number of hydrogen-bond acceptors (Lipinski definition) is 3. The van der Waals surface area contributed by atoms with Crippen molar-refractivity contribution in [3.63, 3.8) is 0 Å². The highest BCUT2D eigenvalue weighted by Gasteiger charge is 2.11. The van der Waals surface area contributed by atoms with Gasteiger partial charge in [-0.3, -0.25) is 5.32 Å². The molecule has 2 amide bonds. The molecule has 3 N–H and O–H groups in total. The molecule has 0 fully saturated rings. The molecule has 2 aromatic rings. The molecule has 0 saturated heterocycles. The summed E-state index contributed by atoms with van der Waals surface area (Å²) in [6.45, 7) is 0.221. The van der Waals surface area contributed by atoms with Crippen LogP contribution >= 0.6 is 11.6 Å². The summed E-state index contributed by atoms with van der Waals surface area (Å²) in [6, 6.07) is 8.66. The van der Waals surface area contributed by atoms with Crippen LogP contribution in [0.1, 0.15) is 0 Å². The lowest BCUT2D eigenvalue weighted by Gasteiger charge is -2.06. The lowest BCUT2D eigenvalue weighted by atomic mass is 10.1. The van der Waals surface area contributed by atoms with Gasteiger partial charge in [0, 0.05) is 23.7 Å². The lowest BCUT2D eigenvalue weighted by Crippen LogP contribution is -2.26. The Morgan fingerprint density at radius 2 is 2.25 bits per heavy atom. The maximum absolute atomic E-state index is 11.4. The van der Waals surface area contributed by atoms with E-state index in [4.69, 9.17) is 16.7 Å². The van der Waals surface area contributed by atoms with Crippen molar-refractivity contribution in [3.8, 4) is 11.3 Å². The summed E-state index contributed by atoms with van der Waals surface area (Å²) >= 11 is 5.95. The van der Waals surface area contributed by atoms with Gasteiger partial charge in [0.15, 0.2) is 0 Å². The Hall–Kier alpha value is -2.05. The first kappa shape index (κ1) is 14.4. The molecular formula is C13H15ClN4O2. The molecule has 0 spiro atoms. The molecule has 0 aliphatic rings. The molecule has 0 bridgehead atoms. The third kappa shape index (κ3) is 3.28. The van der Waals surface area contributed by atoms with Crippen molar-refractivity contribution in [2.45, 2.75) is 6.54 Å². The summed E-state index contributed by atoms with van der Waals surface area (Å²) in [5, 5.41) is 19.1. The summed E-state index contributed by atoms with van der Waals surface area (Å²) in [7, 11) is 1.53. The predicted octanol–water partition coefficient (Wildman–Crippen LogP) is 1.95. The molecule has 0 unspecified atom stereocenters. The Morgan fingerprint density at radius 3 is 2.90 bits per heavy atom. The summed E-state index contributed by atoms with van der Waals surface area (Å²) in [5.74, 6) is 0.508. The number of rotatable bonds is 4. The third-order valence-electron chi connectivity index (χ3n) is 2.68. The standard InChI is InChI=1S/C13H15ClN4O2/c1-15-13(20)16-12-8-11(17-18(12)5-6-19)9-3-2-4-10(14)7-9/h2-4,7-8,19H,5-6H2,1H3,(H2,15,16,20). The molecule has 6 nitrogen and oxygen atoms in total. The van der Waals surface area contributed by atoms with Gasteiger partial charge < -0.3 is 10.4 Å². The van der Waals surface area contributed by atoms with Gasteiger partial charge in [-0.1, -0.05) is 23.7 Å². The summed E-state index contributed by atoms with van der Waals surface area (Å²) in [6.07, 6.45) is 0. The number of amides is 2. The second-order valence-electron chi connectivity index (χ2n) is 4.08. The summed E-state index contributed by atoms with van der Waals surface area (Å²) < 4.78 is 1.53. The van der Waals surface area contributed by atoms with Crippen molar-refractivity contribution in [2.24, 2.45) is 0 Å². The van der Waals surface area contributed by atoms with Gasteiger partial charge in [0.1, 0.15) is 5.82 Å². The molecule has 1 aromatic carbocycles. The van der Waals surface area contributed by atoms with Crippen LogP contribution in [0.4, 0.5) is 10.6 Å². The largest absolute Gasteiger partial charge is 0.394 e. The van der Waals surface area contributed by atoms with Crippen LogP contribution in [-0.2, 0) is 6.54 Å². The highest BCUT2D eigenvalue weighted by atomic mass is 35.5. The van der Waals surface area contributed by atoms with E-state index in [0.29, 0.717) is 23.1 Å². The molecule has 1 heterocycles. The van der Waals surface area contributed by atoms with Crippen LogP contribution in [0.25, 0.3) is 11.3 Å². The van der Waals surface area contributed by atoms with Gasteiger partial charge in [-0.25, -0.2) is 9.48 Å². The molecule has 2 rings (SSSR count). The minimum absolute atomic E-state index is 0.0703. The zero-order valence-corrected chi connectivity index (χ0v) is 11.7. The Morgan fingerprint density at radius 1 is 1.45 bits per heavy atom. The van der Waals surface area contributed by atoms with Gasteiger partial charge in [0.25, 0.3) is 0 Å². The van der Waals surface area contributed by atoms with E-state index in [9.17, 15) is 4.79 Å². The van der Waals surface area contributed by atoms with Crippen LogP contribution in [-0.4, -0.2) is 34.6 Å². The predicted molar refractivity (Wildman–Crippen MR) is 77.8 cm³/mol. The van der Waals surface area contributed by atoms with Gasteiger partial charge in [0.2, 0.25) is 0 Å². The highest BCUT2D eigenvalue weighted by Crippen LogP contribution is 2.24. The Bertz CT molecular complexity index is 612. The quantitative estimate of drug-likeness (QED) is 0.806. The Balaban J connectivity index is 2.35. The summed E-state index contributed by atoms with van der Waals surface area (Å²) in [4.78, 5) is 11.4. The Labute approximate surface area is 121 Å². The second-order valence-corrected chi connectivity index (χ2v) is 4.51. The maximum Gasteiger partial charge on any atom is 0.320 e. The zero-order chi connectivity index (χ0) is 14.5. The first-order valence-electron chi connectivity index (χ1n) is 6.07. The number of aromatic nitrogens is 2. The number of nitrogens with one attached hydrogen (secondary N) is 2. The van der Waals surface area contributed by atoms with E-state index in [1.165, 1.54) is 11.7 Å². The monoisotopic (exact) mass is 294 g/mol. The molecule has 0 aliphatic heterocycles. The fourth-order valence-electron chi connectivity index (χ4n) is 1.75. The minimum atomic E-state index is -0.346. The average Bonchev–Trinajstić information content (AvgIpc) is 2.82. The lowest BCUT2D eigenvalue weighted by molar-refractivity contribution is 0.253. The number of carbonyl (C=O) groups is 1. The van der Waals surface area contributed by atoms with E-state index in [-0.39, 0.29) is 12.6 Å². The molecule has 20 heavy (non-hydrogen) atoms. The third-order valence-corrected chi connectivity index (χ3v) is 2.92. The van der Waals surface area contributed by atoms with Crippen molar-refractivity contribution in [2.75, 3.05) is 19.0 Å². The van der Waals surface area contributed by atoms with Crippen molar-refractivity contribution >= 4 is 23.4 Å². The molecule has 0 aliphatic carbocycles. The molecule has 7 heteroatoms. The van der Waals surface area contributed by atoms with Gasteiger partial charge in [-0.05, 0) is 12.1 Å². The van der Waals surface area contributed by atoms with Crippen LogP contribution in [0.5, 0.6) is 0 Å². The van der Waals surface area contributed by atoms with E-state index >= 15 is 0 Å². The number of carbonyl (C=O) groups excluding carboxylic acids is 1. The molecule has 0 saturated carbocycles. The Kier molecular flexibility index (Phi) is 4.60. The SMILES string of the molecule is CNC(=O)Nc1cc(-c2cccc(Cl)c2)nn1CCO. The fraction of sp³-hybridized carbons (Fsp3) is 0.231. The smallest absolute Gasteiger partial charge is 0.320 e. The van der Waals surface area contributed by atoms with E-state index in [2.05, 4.69) is 15.7 Å². The van der Waals surface area contributed by atoms with Crippen LogP contribution < -0.4 is 10.6 Å². The number of nitrogens with zero attached hydrogens (tertiary/aromatic N) is 2. The van der Waals surface area contributed by atoms with Gasteiger partial charge in [-0.15, -0.1) is 0 Å². The normalized spacial score (nSPS) is 10.3. The summed E-state index contributed by atoms with van der Waals surface area (Å²) in [5.41, 5.74) is 1.52. The van der Waals surface area contributed by atoms with Crippen molar-refractivity contribution < 1.29 is 9.90 Å². The fourth-order valence-corrected chi connectivity index (χ4v) is 1.94. The molecule has 0 radical (unpaired) electrons. The molecular weight excluding hydrogens is 280 g/mol. The second kappa shape index (κ2) is 6.40. The van der Waals surface area contributed by atoms with Crippen molar-refractivity contribution in [1.29, 1.82) is 0 Å². The number of aliphatic hydroxyl groups excluding tert-OH is 1. The number of anilines is 1. The number of halogens is 1. The number of urea groups is 1. The van der Waals surface area contributed by atoms with E-state index < -0.39 is 0 Å². The highest BCUT2D eigenvalue weighted by molar-refractivity contribution is 6.30. The number of aliphatic hydroxyl groups is 1. The van der Waals surface area contributed by atoms with E-state index in [1.54, 1.807) is 18.2 Å². The van der Waals surface area contributed by atoms with Crippen LogP contribution in [0, 0.1) is 0 Å². The molecule has 106 valence electrons. The van der Waals surface area contributed by atoms with Crippen molar-refractivity contribution in [3.05, 3.63) is 35.4 Å². The van der Waals surface area contributed by atoms with Crippen LogP contribution in [0.15, 0.2) is 30.3 Å². The van der Waals surface area contributed by atoms with E-state index in [0.717, 1.165) is 5.56 Å². The average molecular weight is 295 g/mol. The maximum atomic E-state index is 11.4. The first-order chi connectivity index (χ1) is 9.63. The number of benzene rings is 1. The topological polar surface area (TPSA) is 79.2 Å². The minimum Gasteiger partial charge on any atom is -0.394 e. The molecule has 0 atom stereocenters. The van der Waals surface area contributed by atoms with Gasteiger partial charge in [0.05, 0.1) is 18.8 Å².